The second kappa shape index (κ2) is 7.49. The quantitative estimate of drug-likeness (QED) is 0.511. The fraction of sp³-hybridized carbons (Fsp3) is 0.542. The monoisotopic (exact) mass is 486 g/mol. The Bertz CT molecular complexity index is 1220. The van der Waals surface area contributed by atoms with Crippen LogP contribution in [0.3, 0.4) is 0 Å². The predicted molar refractivity (Wildman–Crippen MR) is 131 cm³/mol. The van der Waals surface area contributed by atoms with Crippen molar-refractivity contribution in [2.75, 3.05) is 7.05 Å². The highest BCUT2D eigenvalue weighted by Gasteiger charge is 2.45. The van der Waals surface area contributed by atoms with E-state index < -0.39 is 0 Å². The SMILES string of the molecule is Cc1nc([C@H]2C[C@@H]2c2cc(C(=O)N(C)[C@H]3C[C@@H]4CC[C@](C)(C3)N4)sc2Cl)c2ccsc2n1. The van der Waals surface area contributed by atoms with Gasteiger partial charge in [-0.25, -0.2) is 9.97 Å². The van der Waals surface area contributed by atoms with Gasteiger partial charge in [-0.1, -0.05) is 11.6 Å². The van der Waals surface area contributed by atoms with Crippen LogP contribution in [0.15, 0.2) is 17.5 Å². The fourth-order valence-corrected chi connectivity index (χ4v) is 8.09. The van der Waals surface area contributed by atoms with E-state index in [0.29, 0.717) is 17.9 Å². The Labute approximate surface area is 201 Å². The summed E-state index contributed by atoms with van der Waals surface area (Å²) in [6.45, 7) is 4.25. The largest absolute Gasteiger partial charge is 0.338 e. The Hall–Kier alpha value is -1.54. The van der Waals surface area contributed by atoms with Gasteiger partial charge in [0.2, 0.25) is 0 Å². The van der Waals surface area contributed by atoms with Crippen LogP contribution in [0.25, 0.3) is 10.2 Å². The molecule has 5 atom stereocenters. The molecule has 1 amide bonds. The third kappa shape index (κ3) is 3.49. The number of fused-ring (bicyclic) bond motifs is 3. The van der Waals surface area contributed by atoms with Crippen molar-refractivity contribution in [1.82, 2.24) is 20.2 Å². The Balaban J connectivity index is 1.22. The van der Waals surface area contributed by atoms with E-state index in [1.54, 1.807) is 11.3 Å². The first-order chi connectivity index (χ1) is 15.3. The summed E-state index contributed by atoms with van der Waals surface area (Å²) in [6, 6.07) is 4.99. The van der Waals surface area contributed by atoms with Gasteiger partial charge in [0.25, 0.3) is 5.91 Å². The lowest BCUT2D eigenvalue weighted by molar-refractivity contribution is 0.0653. The number of hydrogen-bond acceptors (Lipinski definition) is 6. The normalized spacial score (nSPS) is 31.2. The molecule has 6 rings (SSSR count). The minimum Gasteiger partial charge on any atom is -0.338 e. The Morgan fingerprint density at radius 3 is 2.97 bits per heavy atom. The minimum absolute atomic E-state index is 0.105. The predicted octanol–water partition coefficient (Wildman–Crippen LogP) is 5.73. The van der Waals surface area contributed by atoms with Crippen molar-refractivity contribution >= 4 is 50.4 Å². The van der Waals surface area contributed by atoms with Gasteiger partial charge in [-0.2, -0.15) is 0 Å². The van der Waals surface area contributed by atoms with E-state index in [2.05, 4.69) is 28.7 Å². The maximum atomic E-state index is 13.4. The highest BCUT2D eigenvalue weighted by Crippen LogP contribution is 2.58. The van der Waals surface area contributed by atoms with E-state index in [0.717, 1.165) is 55.8 Å². The Morgan fingerprint density at radius 2 is 2.16 bits per heavy atom. The molecule has 168 valence electrons. The molecule has 3 aliphatic rings. The van der Waals surface area contributed by atoms with Gasteiger partial charge in [-0.15, -0.1) is 22.7 Å². The molecule has 1 saturated carbocycles. The van der Waals surface area contributed by atoms with E-state index in [1.165, 1.54) is 24.2 Å². The molecule has 3 aromatic heterocycles. The first-order valence-corrected chi connectivity index (χ1v) is 13.4. The van der Waals surface area contributed by atoms with Crippen molar-refractivity contribution in [1.29, 1.82) is 0 Å². The maximum Gasteiger partial charge on any atom is 0.263 e. The number of nitrogens with one attached hydrogen (secondary N) is 1. The van der Waals surface area contributed by atoms with Crippen molar-refractivity contribution in [2.24, 2.45) is 0 Å². The van der Waals surface area contributed by atoms with Crippen LogP contribution in [0.2, 0.25) is 4.34 Å². The average molecular weight is 487 g/mol. The van der Waals surface area contributed by atoms with E-state index in [9.17, 15) is 4.79 Å². The highest BCUT2D eigenvalue weighted by atomic mass is 35.5. The lowest BCUT2D eigenvalue weighted by atomic mass is 9.88. The number of rotatable bonds is 4. The van der Waals surface area contributed by atoms with Crippen LogP contribution in [0.1, 0.15) is 77.6 Å². The summed E-state index contributed by atoms with van der Waals surface area (Å²) in [5, 5.41) is 6.97. The van der Waals surface area contributed by atoms with Gasteiger partial charge in [-0.05, 0) is 74.9 Å². The molecule has 1 aliphatic carbocycles. The minimum atomic E-state index is 0.105. The molecule has 5 nitrogen and oxygen atoms in total. The number of thiophene rings is 2. The molecular formula is C24H27ClN4OS2. The number of hydrogen-bond donors (Lipinski definition) is 1. The van der Waals surface area contributed by atoms with Crippen LogP contribution >= 0.6 is 34.3 Å². The molecule has 0 aromatic carbocycles. The summed E-state index contributed by atoms with van der Waals surface area (Å²) in [6.07, 6.45) is 5.50. The molecule has 32 heavy (non-hydrogen) atoms. The van der Waals surface area contributed by atoms with E-state index >= 15 is 0 Å². The van der Waals surface area contributed by atoms with Gasteiger partial charge in [0.05, 0.1) is 14.9 Å². The van der Waals surface area contributed by atoms with Crippen LogP contribution in [0.5, 0.6) is 0 Å². The van der Waals surface area contributed by atoms with Gasteiger partial charge < -0.3 is 10.2 Å². The zero-order chi connectivity index (χ0) is 22.2. The summed E-state index contributed by atoms with van der Waals surface area (Å²) in [5.74, 6) is 1.60. The number of halogens is 1. The molecule has 0 radical (unpaired) electrons. The first-order valence-electron chi connectivity index (χ1n) is 11.4. The van der Waals surface area contributed by atoms with E-state index in [1.807, 2.05) is 24.9 Å². The number of carbonyl (C=O) groups is 1. The summed E-state index contributed by atoms with van der Waals surface area (Å²) < 4.78 is 0.749. The van der Waals surface area contributed by atoms with Crippen LogP contribution in [-0.2, 0) is 0 Å². The third-order valence-corrected chi connectivity index (χ3v) is 9.82. The zero-order valence-corrected chi connectivity index (χ0v) is 20.9. The Morgan fingerprint density at radius 1 is 1.31 bits per heavy atom. The molecule has 3 aromatic rings. The van der Waals surface area contributed by atoms with Crippen LogP contribution in [0.4, 0.5) is 0 Å². The van der Waals surface area contributed by atoms with Crippen molar-refractivity contribution in [3.63, 3.8) is 0 Å². The second-order valence-electron chi connectivity index (χ2n) is 10.0. The molecule has 1 N–H and O–H groups in total. The first kappa shape index (κ1) is 21.0. The van der Waals surface area contributed by atoms with Gasteiger partial charge >= 0.3 is 0 Å². The summed E-state index contributed by atoms with van der Waals surface area (Å²) >= 11 is 9.77. The number of amides is 1. The average Bonchev–Trinajstić information content (AvgIpc) is 3.07. The molecule has 0 unspecified atom stereocenters. The van der Waals surface area contributed by atoms with Crippen molar-refractivity contribution in [3.05, 3.63) is 43.8 Å². The lowest BCUT2D eigenvalue weighted by Crippen LogP contribution is -2.54. The smallest absolute Gasteiger partial charge is 0.263 e. The van der Waals surface area contributed by atoms with E-state index in [-0.39, 0.29) is 17.5 Å². The lowest BCUT2D eigenvalue weighted by Gasteiger charge is -2.40. The van der Waals surface area contributed by atoms with Gasteiger partial charge in [0.15, 0.2) is 0 Å². The zero-order valence-electron chi connectivity index (χ0n) is 18.5. The van der Waals surface area contributed by atoms with Gasteiger partial charge in [-0.3, -0.25) is 4.79 Å². The van der Waals surface area contributed by atoms with Gasteiger partial charge in [0.1, 0.15) is 10.7 Å². The molecule has 8 heteroatoms. The number of aromatic nitrogens is 2. The number of piperidine rings is 1. The maximum absolute atomic E-state index is 13.4. The molecule has 5 heterocycles. The number of aryl methyl sites for hydroxylation is 1. The molecule has 0 spiro atoms. The van der Waals surface area contributed by atoms with Crippen LogP contribution < -0.4 is 5.32 Å². The molecule has 3 fully saturated rings. The van der Waals surface area contributed by atoms with Gasteiger partial charge in [0, 0.05) is 36.0 Å². The summed E-state index contributed by atoms with van der Waals surface area (Å²) in [7, 11) is 1.96. The summed E-state index contributed by atoms with van der Waals surface area (Å²) in [5.41, 5.74) is 2.41. The van der Waals surface area contributed by atoms with Crippen molar-refractivity contribution in [2.45, 2.75) is 75.4 Å². The summed E-state index contributed by atoms with van der Waals surface area (Å²) in [4.78, 5) is 26.5. The van der Waals surface area contributed by atoms with Crippen LogP contribution in [0, 0.1) is 6.92 Å². The molecule has 2 aliphatic heterocycles. The standard InChI is InChI=1S/C24H27ClN4OS2/c1-12-26-20(15-5-7-31-22(15)27-12)17-9-16(17)18-10-19(32-21(18)25)23(30)29(3)14-8-13-4-6-24(2,11-14)28-13/h5,7,10,13-14,16-17,28H,4,6,8-9,11H2,1-3H3/t13-,14-,16-,17-,24+/m0/s1. The Kier molecular flexibility index (Phi) is 4.92. The topological polar surface area (TPSA) is 58.1 Å². The number of carbonyl (C=O) groups excluding carboxylic acids is 1. The molecule has 2 bridgehead atoms. The van der Waals surface area contributed by atoms with Crippen molar-refractivity contribution in [3.8, 4) is 0 Å². The van der Waals surface area contributed by atoms with E-state index in [4.69, 9.17) is 16.6 Å². The number of nitrogens with zero attached hydrogens (tertiary/aromatic N) is 3. The van der Waals surface area contributed by atoms with Crippen molar-refractivity contribution < 1.29 is 4.79 Å². The highest BCUT2D eigenvalue weighted by molar-refractivity contribution is 7.18. The molecular weight excluding hydrogens is 460 g/mol. The fourth-order valence-electron chi connectivity index (χ4n) is 5.89. The third-order valence-electron chi connectivity index (χ3n) is 7.64. The molecule has 2 saturated heterocycles. The van der Waals surface area contributed by atoms with Crippen LogP contribution in [-0.4, -0.2) is 45.4 Å². The second-order valence-corrected chi connectivity index (χ2v) is 12.6.